The lowest BCUT2D eigenvalue weighted by molar-refractivity contribution is -0.122. The molecular weight excluding hydrogens is 554 g/mol. The van der Waals surface area contributed by atoms with Gasteiger partial charge in [-0.3, -0.25) is 14.4 Å². The highest BCUT2D eigenvalue weighted by Gasteiger charge is 2.68. The van der Waals surface area contributed by atoms with Crippen molar-refractivity contribution in [3.05, 3.63) is 124 Å². The van der Waals surface area contributed by atoms with Crippen molar-refractivity contribution in [2.24, 2.45) is 16.9 Å². The van der Waals surface area contributed by atoms with E-state index in [0.29, 0.717) is 27.8 Å². The van der Waals surface area contributed by atoms with Gasteiger partial charge in [-0.05, 0) is 52.6 Å². The molecule has 1 fully saturated rings. The van der Waals surface area contributed by atoms with Crippen molar-refractivity contribution < 1.29 is 23.9 Å². The van der Waals surface area contributed by atoms with Crippen LogP contribution in [0, 0.1) is 11.8 Å². The van der Waals surface area contributed by atoms with E-state index >= 15 is 0 Å². The molecular formula is C33H22ClN3O5. The van der Waals surface area contributed by atoms with Crippen molar-refractivity contribution in [1.82, 2.24) is 5.43 Å². The monoisotopic (exact) mass is 575 g/mol. The van der Waals surface area contributed by atoms with Gasteiger partial charge in [0.1, 0.15) is 0 Å². The van der Waals surface area contributed by atoms with E-state index in [1.165, 1.54) is 4.90 Å². The van der Waals surface area contributed by atoms with Crippen molar-refractivity contribution in [1.29, 1.82) is 0 Å². The highest BCUT2D eigenvalue weighted by Crippen LogP contribution is 2.63. The summed E-state index contributed by atoms with van der Waals surface area (Å²) in [6.45, 7) is 0.0986. The maximum atomic E-state index is 14.4. The number of hydrogen-bond acceptors (Lipinski definition) is 6. The Bertz CT molecular complexity index is 1820. The number of benzene rings is 4. The van der Waals surface area contributed by atoms with Gasteiger partial charge in [-0.2, -0.15) is 5.10 Å². The fourth-order valence-electron chi connectivity index (χ4n) is 7.22. The Balaban J connectivity index is 1.27. The molecule has 0 radical (unpaired) electrons. The van der Waals surface area contributed by atoms with Crippen LogP contribution >= 0.6 is 11.6 Å². The van der Waals surface area contributed by atoms with Crippen LogP contribution in [-0.2, 0) is 15.0 Å². The molecule has 0 aromatic heterocycles. The third-order valence-electron chi connectivity index (χ3n) is 8.85. The van der Waals surface area contributed by atoms with Crippen LogP contribution in [0.2, 0.25) is 5.02 Å². The molecule has 2 atom stereocenters. The van der Waals surface area contributed by atoms with E-state index in [1.54, 1.807) is 48.7 Å². The van der Waals surface area contributed by atoms with Gasteiger partial charge in [-0.25, -0.2) is 10.3 Å². The molecule has 2 heterocycles. The van der Waals surface area contributed by atoms with E-state index in [0.717, 1.165) is 22.3 Å². The first-order chi connectivity index (χ1) is 20.5. The largest absolute Gasteiger partial charge is 0.454 e. The highest BCUT2D eigenvalue weighted by molar-refractivity contribution is 6.36. The van der Waals surface area contributed by atoms with Crippen LogP contribution in [0.4, 0.5) is 5.69 Å². The Labute approximate surface area is 245 Å². The summed E-state index contributed by atoms with van der Waals surface area (Å²) in [5, 5.41) is 4.78. The van der Waals surface area contributed by atoms with Crippen LogP contribution in [0.5, 0.6) is 11.5 Å². The summed E-state index contributed by atoms with van der Waals surface area (Å²) < 4.78 is 10.7. The van der Waals surface area contributed by atoms with Gasteiger partial charge in [-0.15, -0.1) is 0 Å². The number of hydrogen-bond donors (Lipinski definition) is 1. The van der Waals surface area contributed by atoms with Gasteiger partial charge in [-0.1, -0.05) is 72.3 Å². The lowest BCUT2D eigenvalue weighted by Gasteiger charge is -2.52. The fraction of sp³-hybridized carbons (Fsp3) is 0.152. The van der Waals surface area contributed by atoms with Gasteiger partial charge >= 0.3 is 0 Å². The number of nitrogens with zero attached hydrogens (tertiary/aromatic N) is 2. The van der Waals surface area contributed by atoms with E-state index in [2.05, 4.69) is 10.5 Å². The molecule has 4 aromatic carbocycles. The van der Waals surface area contributed by atoms with Crippen molar-refractivity contribution in [3.8, 4) is 11.5 Å². The summed E-state index contributed by atoms with van der Waals surface area (Å²) in [4.78, 5) is 43.0. The quantitative estimate of drug-likeness (QED) is 0.209. The standard InChI is InChI=1S/C33H22ClN3O5/c34-23-11-5-6-12-24(23)37-31(39)28-27-19-7-1-3-9-21(19)33(29(28)32(37)40,22-10-4-2-8-20(22)27)16-35-36-30(38)18-13-14-25-26(15-18)42-17-41-25/h1-16,27-29H,17H2,(H,36,38)/b35-16+. The number of para-hydroxylation sites is 1. The van der Waals surface area contributed by atoms with Crippen LogP contribution in [0.3, 0.4) is 0 Å². The van der Waals surface area contributed by atoms with Crippen LogP contribution in [0.1, 0.15) is 38.5 Å². The summed E-state index contributed by atoms with van der Waals surface area (Å²) in [6, 6.07) is 27.5. The molecule has 0 saturated carbocycles. The molecule has 2 aliphatic heterocycles. The topological polar surface area (TPSA) is 97.3 Å². The number of nitrogens with one attached hydrogen (secondary N) is 1. The van der Waals surface area contributed by atoms with Gasteiger partial charge in [0.15, 0.2) is 11.5 Å². The third-order valence-corrected chi connectivity index (χ3v) is 9.17. The zero-order valence-electron chi connectivity index (χ0n) is 22.0. The summed E-state index contributed by atoms with van der Waals surface area (Å²) in [5.41, 5.74) is 5.93. The molecule has 2 bridgehead atoms. The summed E-state index contributed by atoms with van der Waals surface area (Å²) >= 11 is 6.51. The van der Waals surface area contributed by atoms with Crippen LogP contribution in [0.15, 0.2) is 96.1 Å². The Hall–Kier alpha value is -4.95. The number of hydrazone groups is 1. The molecule has 1 saturated heterocycles. The number of imide groups is 1. The predicted molar refractivity (Wildman–Crippen MR) is 155 cm³/mol. The Kier molecular flexibility index (Phi) is 5.33. The Morgan fingerprint density at radius 2 is 1.55 bits per heavy atom. The number of carbonyl (C=O) groups excluding carboxylic acids is 3. The van der Waals surface area contributed by atoms with E-state index in [9.17, 15) is 14.4 Å². The van der Waals surface area contributed by atoms with Crippen LogP contribution in [0.25, 0.3) is 0 Å². The number of carbonyl (C=O) groups is 3. The number of halogens is 1. The first-order valence-electron chi connectivity index (χ1n) is 13.6. The summed E-state index contributed by atoms with van der Waals surface area (Å²) in [5.74, 6) is -1.82. The molecule has 4 aromatic rings. The SMILES string of the molecule is O=C(N/N=C/C12c3ccccc3C(c3ccccc31)C1C(=O)N(c3ccccc3Cl)C(=O)C12)c1ccc2c(c1)OCO2. The predicted octanol–water partition coefficient (Wildman–Crippen LogP) is 5.04. The molecule has 3 amide bonds. The second-order valence-corrected chi connectivity index (χ2v) is 11.2. The Morgan fingerprint density at radius 1 is 0.881 bits per heavy atom. The van der Waals surface area contributed by atoms with Crippen LogP contribution < -0.4 is 19.8 Å². The van der Waals surface area contributed by atoms with Gasteiger partial charge in [0.05, 0.1) is 28.0 Å². The Morgan fingerprint density at radius 3 is 2.29 bits per heavy atom. The van der Waals surface area contributed by atoms with Gasteiger partial charge in [0, 0.05) is 17.7 Å². The summed E-state index contributed by atoms with van der Waals surface area (Å²) in [6.07, 6.45) is 1.63. The van der Waals surface area contributed by atoms with Crippen molar-refractivity contribution in [2.45, 2.75) is 11.3 Å². The van der Waals surface area contributed by atoms with E-state index < -0.39 is 23.2 Å². The molecule has 2 unspecified atom stereocenters. The molecule has 1 N–H and O–H groups in total. The fourth-order valence-corrected chi connectivity index (χ4v) is 7.44. The molecule has 0 spiro atoms. The van der Waals surface area contributed by atoms with Crippen molar-refractivity contribution >= 4 is 41.2 Å². The minimum atomic E-state index is -1.11. The zero-order chi connectivity index (χ0) is 28.6. The molecule has 5 aliphatic rings. The van der Waals surface area contributed by atoms with E-state index in [4.69, 9.17) is 21.1 Å². The first kappa shape index (κ1) is 24.8. The number of fused-ring (bicyclic) bond motifs is 1. The average molecular weight is 576 g/mol. The van der Waals surface area contributed by atoms with Gasteiger partial charge in [0.2, 0.25) is 18.6 Å². The maximum absolute atomic E-state index is 14.4. The molecule has 8 nitrogen and oxygen atoms in total. The number of anilines is 1. The lowest BCUT2D eigenvalue weighted by atomic mass is 9.47. The molecule has 42 heavy (non-hydrogen) atoms. The highest BCUT2D eigenvalue weighted by atomic mass is 35.5. The number of rotatable bonds is 4. The average Bonchev–Trinajstić information content (AvgIpc) is 3.60. The van der Waals surface area contributed by atoms with Gasteiger partial charge in [0.25, 0.3) is 5.91 Å². The number of amides is 3. The normalized spacial score (nSPS) is 24.5. The molecule has 9 heteroatoms. The van der Waals surface area contributed by atoms with E-state index in [1.807, 2.05) is 48.5 Å². The number of ether oxygens (including phenoxy) is 2. The minimum absolute atomic E-state index is 0.0986. The molecule has 9 rings (SSSR count). The summed E-state index contributed by atoms with van der Waals surface area (Å²) in [7, 11) is 0. The van der Waals surface area contributed by atoms with Crippen LogP contribution in [-0.4, -0.2) is 30.7 Å². The third kappa shape index (κ3) is 3.24. The second kappa shape index (κ2) is 9.03. The molecule has 206 valence electrons. The second-order valence-electron chi connectivity index (χ2n) is 10.8. The lowest BCUT2D eigenvalue weighted by Crippen LogP contribution is -2.54. The van der Waals surface area contributed by atoms with Crippen molar-refractivity contribution in [2.75, 3.05) is 11.7 Å². The minimum Gasteiger partial charge on any atom is -0.454 e. The smallest absolute Gasteiger partial charge is 0.271 e. The zero-order valence-corrected chi connectivity index (χ0v) is 22.7. The van der Waals surface area contributed by atoms with Gasteiger partial charge < -0.3 is 9.47 Å². The van der Waals surface area contributed by atoms with E-state index in [-0.39, 0.29) is 24.5 Å². The molecule has 3 aliphatic carbocycles. The maximum Gasteiger partial charge on any atom is 0.271 e. The first-order valence-corrected chi connectivity index (χ1v) is 13.9. The van der Waals surface area contributed by atoms with Crippen molar-refractivity contribution in [3.63, 3.8) is 0 Å².